The predicted molar refractivity (Wildman–Crippen MR) is 76.7 cm³/mol. The molecule has 0 aliphatic carbocycles. The van der Waals surface area contributed by atoms with Crippen molar-refractivity contribution in [2.45, 2.75) is 10.6 Å². The van der Waals surface area contributed by atoms with Crippen LogP contribution in [0.4, 0.5) is 0 Å². The summed E-state index contributed by atoms with van der Waals surface area (Å²) in [6, 6.07) is 1.66. The number of thiophene rings is 1. The Morgan fingerprint density at radius 1 is 1.47 bits per heavy atom. The average molecular weight is 371 g/mol. The van der Waals surface area contributed by atoms with Crippen LogP contribution < -0.4 is 10.0 Å². The molecule has 1 amide bonds. The molecule has 0 aromatic carbocycles. The molecule has 1 heterocycles. The molecule has 6 nitrogen and oxygen atoms in total. The van der Waals surface area contributed by atoms with E-state index in [0.29, 0.717) is 17.6 Å². The summed E-state index contributed by atoms with van der Waals surface area (Å²) in [5, 5.41) is 4.29. The van der Waals surface area contributed by atoms with Crippen LogP contribution in [0.25, 0.3) is 0 Å². The quantitative estimate of drug-likeness (QED) is 0.667. The van der Waals surface area contributed by atoms with E-state index in [-0.39, 0.29) is 23.1 Å². The molecule has 9 heteroatoms. The van der Waals surface area contributed by atoms with Crippen LogP contribution in [0.1, 0.15) is 6.42 Å². The lowest BCUT2D eigenvalue weighted by molar-refractivity contribution is -0.121. The van der Waals surface area contributed by atoms with Crippen LogP contribution in [0, 0.1) is 0 Å². The minimum absolute atomic E-state index is 0.0610. The molecule has 0 radical (unpaired) electrons. The Balaban J connectivity index is 2.37. The van der Waals surface area contributed by atoms with Crippen LogP contribution in [0.3, 0.4) is 0 Å². The third-order valence-electron chi connectivity index (χ3n) is 2.10. The summed E-state index contributed by atoms with van der Waals surface area (Å²) in [5.74, 6) is -0.218. The normalized spacial score (nSPS) is 11.5. The van der Waals surface area contributed by atoms with Gasteiger partial charge in [-0.3, -0.25) is 4.79 Å². The zero-order valence-corrected chi connectivity index (χ0v) is 13.5. The van der Waals surface area contributed by atoms with Crippen molar-refractivity contribution in [1.29, 1.82) is 0 Å². The van der Waals surface area contributed by atoms with Gasteiger partial charge in [-0.05, 0) is 27.4 Å². The first-order valence-corrected chi connectivity index (χ1v) is 8.61. The number of nitrogens with one attached hydrogen (secondary N) is 2. The molecule has 1 aromatic rings. The molecule has 0 saturated heterocycles. The number of ether oxygens (including phenoxy) is 1. The topological polar surface area (TPSA) is 84.5 Å². The van der Waals surface area contributed by atoms with Crippen LogP contribution >= 0.6 is 27.3 Å². The fraction of sp³-hybridized carbons (Fsp3) is 0.500. The molecule has 0 atom stereocenters. The Bertz CT molecular complexity index is 515. The Morgan fingerprint density at radius 3 is 2.79 bits per heavy atom. The van der Waals surface area contributed by atoms with Gasteiger partial charge in [-0.25, -0.2) is 13.1 Å². The van der Waals surface area contributed by atoms with E-state index in [0.717, 1.165) is 11.3 Å². The van der Waals surface area contributed by atoms with Crippen LogP contribution in [-0.2, 0) is 19.6 Å². The van der Waals surface area contributed by atoms with Gasteiger partial charge in [-0.15, -0.1) is 11.3 Å². The Hall–Kier alpha value is -0.480. The van der Waals surface area contributed by atoms with Gasteiger partial charge in [0.05, 0.1) is 6.61 Å². The van der Waals surface area contributed by atoms with Crippen molar-refractivity contribution in [3.63, 3.8) is 0 Å². The highest BCUT2D eigenvalue weighted by atomic mass is 79.9. The van der Waals surface area contributed by atoms with E-state index in [1.807, 2.05) is 0 Å². The number of rotatable bonds is 8. The van der Waals surface area contributed by atoms with Gasteiger partial charge in [0.25, 0.3) is 10.0 Å². The fourth-order valence-corrected chi connectivity index (χ4v) is 4.63. The monoisotopic (exact) mass is 370 g/mol. The Kier molecular flexibility index (Phi) is 6.94. The van der Waals surface area contributed by atoms with Crippen LogP contribution in [0.5, 0.6) is 0 Å². The smallest absolute Gasteiger partial charge is 0.251 e. The Morgan fingerprint density at radius 2 is 2.21 bits per heavy atom. The third kappa shape index (κ3) is 5.57. The summed E-state index contributed by atoms with van der Waals surface area (Å²) >= 11 is 4.28. The van der Waals surface area contributed by atoms with Gasteiger partial charge in [0.15, 0.2) is 0 Å². The molecule has 1 aromatic heterocycles. The van der Waals surface area contributed by atoms with Crippen molar-refractivity contribution in [3.8, 4) is 0 Å². The van der Waals surface area contributed by atoms with E-state index < -0.39 is 10.0 Å². The molecule has 1 rings (SSSR count). The zero-order chi connectivity index (χ0) is 14.3. The second-order valence-electron chi connectivity index (χ2n) is 3.55. The van der Waals surface area contributed by atoms with E-state index in [9.17, 15) is 13.2 Å². The number of carbonyl (C=O) groups is 1. The van der Waals surface area contributed by atoms with Crippen molar-refractivity contribution in [2.75, 3.05) is 26.8 Å². The first kappa shape index (κ1) is 16.6. The maximum absolute atomic E-state index is 11.9. The van der Waals surface area contributed by atoms with E-state index in [2.05, 4.69) is 26.0 Å². The number of carbonyl (C=O) groups excluding carboxylic acids is 1. The van der Waals surface area contributed by atoms with Crippen molar-refractivity contribution in [2.24, 2.45) is 0 Å². The summed E-state index contributed by atoms with van der Waals surface area (Å²) in [6.07, 6.45) is 0.0892. The van der Waals surface area contributed by atoms with Crippen molar-refractivity contribution < 1.29 is 17.9 Å². The zero-order valence-electron chi connectivity index (χ0n) is 10.3. The summed E-state index contributed by atoms with van der Waals surface area (Å²) in [7, 11) is -2.01. The SMILES string of the molecule is COCCNC(=O)CCNS(=O)(=O)c1sccc1Br. The molecule has 0 saturated carbocycles. The maximum atomic E-state index is 11.9. The van der Waals surface area contributed by atoms with E-state index >= 15 is 0 Å². The number of hydrogen-bond donors (Lipinski definition) is 2. The van der Waals surface area contributed by atoms with Crippen LogP contribution in [0.2, 0.25) is 0 Å². The molecule has 19 heavy (non-hydrogen) atoms. The van der Waals surface area contributed by atoms with Gasteiger partial charge in [-0.1, -0.05) is 0 Å². The highest BCUT2D eigenvalue weighted by Gasteiger charge is 2.18. The van der Waals surface area contributed by atoms with Gasteiger partial charge in [0.2, 0.25) is 5.91 Å². The number of halogens is 1. The number of amides is 1. The molecular formula is C10H15BrN2O4S2. The summed E-state index contributed by atoms with van der Waals surface area (Å²) in [4.78, 5) is 11.3. The van der Waals surface area contributed by atoms with Gasteiger partial charge < -0.3 is 10.1 Å². The lowest BCUT2D eigenvalue weighted by Crippen LogP contribution is -2.32. The van der Waals surface area contributed by atoms with Crippen molar-refractivity contribution in [1.82, 2.24) is 10.0 Å². The molecule has 0 bridgehead atoms. The lowest BCUT2D eigenvalue weighted by Gasteiger charge is -2.06. The molecule has 0 unspecified atom stereocenters. The molecule has 0 fully saturated rings. The van der Waals surface area contributed by atoms with Crippen molar-refractivity contribution in [3.05, 3.63) is 15.9 Å². The second kappa shape index (κ2) is 7.95. The Labute approximate surface area is 124 Å². The highest BCUT2D eigenvalue weighted by molar-refractivity contribution is 9.10. The second-order valence-corrected chi connectivity index (χ2v) is 7.28. The van der Waals surface area contributed by atoms with Gasteiger partial charge in [0, 0.05) is 31.1 Å². The van der Waals surface area contributed by atoms with E-state index in [1.54, 1.807) is 18.6 Å². The summed E-state index contributed by atoms with van der Waals surface area (Å²) < 4.78 is 31.7. The molecule has 108 valence electrons. The number of methoxy groups -OCH3 is 1. The van der Waals surface area contributed by atoms with Gasteiger partial charge in [-0.2, -0.15) is 0 Å². The number of sulfonamides is 1. The summed E-state index contributed by atoms with van der Waals surface area (Å²) in [5.41, 5.74) is 0. The van der Waals surface area contributed by atoms with Gasteiger partial charge in [0.1, 0.15) is 4.21 Å². The maximum Gasteiger partial charge on any atom is 0.251 e. The van der Waals surface area contributed by atoms with E-state index in [1.165, 1.54) is 0 Å². The third-order valence-corrected chi connectivity index (χ3v) is 6.23. The van der Waals surface area contributed by atoms with Gasteiger partial charge >= 0.3 is 0 Å². The van der Waals surface area contributed by atoms with Crippen LogP contribution in [0.15, 0.2) is 20.1 Å². The fourth-order valence-electron chi connectivity index (χ4n) is 1.22. The molecule has 2 N–H and O–H groups in total. The van der Waals surface area contributed by atoms with E-state index in [4.69, 9.17) is 4.74 Å². The molecular weight excluding hydrogens is 356 g/mol. The molecule has 0 aliphatic rings. The first-order valence-electron chi connectivity index (χ1n) is 5.45. The molecule has 0 aliphatic heterocycles. The lowest BCUT2D eigenvalue weighted by atomic mass is 10.4. The van der Waals surface area contributed by atoms with Crippen molar-refractivity contribution >= 4 is 43.2 Å². The largest absolute Gasteiger partial charge is 0.383 e. The molecule has 0 spiro atoms. The first-order chi connectivity index (χ1) is 8.97. The highest BCUT2D eigenvalue weighted by Crippen LogP contribution is 2.27. The number of hydrogen-bond acceptors (Lipinski definition) is 5. The predicted octanol–water partition coefficient (Wildman–Crippen LogP) is 0.942. The summed E-state index contributed by atoms with van der Waals surface area (Å²) in [6.45, 7) is 0.906. The average Bonchev–Trinajstić information content (AvgIpc) is 2.76. The standard InChI is InChI=1S/C10H15BrN2O4S2/c1-17-6-5-12-9(14)2-4-13-19(15,16)10-8(11)3-7-18-10/h3,7,13H,2,4-6H2,1H3,(H,12,14). The minimum Gasteiger partial charge on any atom is -0.383 e. The minimum atomic E-state index is -3.55. The van der Waals surface area contributed by atoms with Crippen LogP contribution in [-0.4, -0.2) is 41.1 Å².